The molecule has 0 aliphatic rings. The quantitative estimate of drug-likeness (QED) is 0.201. The molecule has 0 saturated carbocycles. The van der Waals surface area contributed by atoms with Gasteiger partial charge in [-0.15, -0.1) is 0 Å². The van der Waals surface area contributed by atoms with Crippen LogP contribution in [0.5, 0.6) is 0 Å². The smallest absolute Gasteiger partial charge is 0.0742 e. The van der Waals surface area contributed by atoms with Gasteiger partial charge in [-0.25, -0.2) is 0 Å². The molecular weight excluding hydrogens is 436 g/mol. The molecule has 33 heavy (non-hydrogen) atoms. The van der Waals surface area contributed by atoms with E-state index in [1.807, 2.05) is 0 Å². The molecule has 8 nitrogen and oxygen atoms in total. The first-order valence-electron chi connectivity index (χ1n) is 13.5. The van der Waals surface area contributed by atoms with Crippen molar-refractivity contribution in [2.24, 2.45) is 0 Å². The molecule has 0 bridgehead atoms. The summed E-state index contributed by atoms with van der Waals surface area (Å²) in [7, 11) is -5.61. The molecular formula is C24H64N4O4Si. The van der Waals surface area contributed by atoms with Gasteiger partial charge in [0.2, 0.25) is 0 Å². The third-order valence-corrected chi connectivity index (χ3v) is 6.00. The summed E-state index contributed by atoms with van der Waals surface area (Å²) in [6, 6.07) is 0. The van der Waals surface area contributed by atoms with Crippen molar-refractivity contribution >= 4 is 9.05 Å². The first kappa shape index (κ1) is 43.0. The standard InChI is InChI=1S/4C6H15N.O4Si/c4*1-4-7(5-2)6-3;1-5(2,3)4/h4*4-6H2,1-3H3;/q;;;;-4/p+4. The van der Waals surface area contributed by atoms with E-state index in [1.54, 1.807) is 19.6 Å². The highest BCUT2D eigenvalue weighted by atomic mass is 28.4. The van der Waals surface area contributed by atoms with Gasteiger partial charge in [-0.05, 0) is 83.1 Å². The van der Waals surface area contributed by atoms with E-state index in [0.717, 1.165) is 0 Å². The minimum atomic E-state index is -5.61. The molecule has 0 spiro atoms. The van der Waals surface area contributed by atoms with E-state index in [1.165, 1.54) is 78.5 Å². The summed E-state index contributed by atoms with van der Waals surface area (Å²) in [4.78, 5) is 41.0. The molecule has 208 valence electrons. The highest BCUT2D eigenvalue weighted by molar-refractivity contribution is 6.38. The molecule has 0 heterocycles. The van der Waals surface area contributed by atoms with Gasteiger partial charge in [0.15, 0.2) is 0 Å². The maximum absolute atomic E-state index is 8.58. The topological polar surface area (TPSA) is 110 Å². The normalized spacial score (nSPS) is 10.5. The Bertz CT molecular complexity index is 233. The minimum absolute atomic E-state index is 1.27. The van der Waals surface area contributed by atoms with E-state index in [-0.39, 0.29) is 0 Å². The van der Waals surface area contributed by atoms with Gasteiger partial charge in [-0.3, -0.25) is 0 Å². The van der Waals surface area contributed by atoms with E-state index < -0.39 is 9.05 Å². The molecule has 9 heteroatoms. The predicted octanol–water partition coefficient (Wildman–Crippen LogP) is -5.41. The second kappa shape index (κ2) is 34.1. The maximum atomic E-state index is 8.58. The third-order valence-electron chi connectivity index (χ3n) is 6.00. The van der Waals surface area contributed by atoms with Gasteiger partial charge in [0.25, 0.3) is 0 Å². The zero-order valence-electron chi connectivity index (χ0n) is 24.6. The lowest BCUT2D eigenvalue weighted by Gasteiger charge is -2.67. The molecule has 0 aliphatic carbocycles. The lowest BCUT2D eigenvalue weighted by atomic mass is 10.5. The molecule has 0 saturated heterocycles. The Kier molecular flexibility index (Phi) is 44.4. The van der Waals surface area contributed by atoms with Crippen LogP contribution in [0.3, 0.4) is 0 Å². The Morgan fingerprint density at radius 1 is 0.303 bits per heavy atom. The first-order chi connectivity index (χ1) is 15.4. The molecule has 0 amide bonds. The van der Waals surface area contributed by atoms with Gasteiger partial charge < -0.3 is 47.8 Å². The van der Waals surface area contributed by atoms with Crippen LogP contribution in [0.4, 0.5) is 0 Å². The molecule has 0 aliphatic heterocycles. The van der Waals surface area contributed by atoms with E-state index in [4.69, 9.17) is 19.2 Å². The van der Waals surface area contributed by atoms with Gasteiger partial charge >= 0.3 is 0 Å². The number of hydrogen-bond donors (Lipinski definition) is 4. The minimum Gasteiger partial charge on any atom is -0.894 e. The molecule has 0 aromatic heterocycles. The summed E-state index contributed by atoms with van der Waals surface area (Å²) in [5.74, 6) is 0. The maximum Gasteiger partial charge on any atom is 0.0742 e. The largest absolute Gasteiger partial charge is 0.894 e. The molecule has 0 rings (SSSR count). The average molecular weight is 501 g/mol. The summed E-state index contributed by atoms with van der Waals surface area (Å²) in [6.07, 6.45) is 0. The first-order valence-corrected chi connectivity index (χ1v) is 15.2. The van der Waals surface area contributed by atoms with Crippen molar-refractivity contribution in [2.75, 3.05) is 78.5 Å². The molecule has 0 aromatic rings. The van der Waals surface area contributed by atoms with E-state index in [2.05, 4.69) is 83.1 Å². The second-order valence-electron chi connectivity index (χ2n) is 7.74. The van der Waals surface area contributed by atoms with Crippen LogP contribution in [0.15, 0.2) is 0 Å². The Labute approximate surface area is 209 Å². The molecule has 0 unspecified atom stereocenters. The zero-order chi connectivity index (χ0) is 27.3. The summed E-state index contributed by atoms with van der Waals surface area (Å²) < 4.78 is 0. The van der Waals surface area contributed by atoms with Crippen molar-refractivity contribution in [3.05, 3.63) is 0 Å². The van der Waals surface area contributed by atoms with Crippen LogP contribution in [0.1, 0.15) is 83.1 Å². The van der Waals surface area contributed by atoms with Gasteiger partial charge in [-0.1, -0.05) is 0 Å². The van der Waals surface area contributed by atoms with Crippen molar-refractivity contribution in [1.82, 2.24) is 0 Å². The van der Waals surface area contributed by atoms with Crippen LogP contribution in [0.25, 0.3) is 0 Å². The van der Waals surface area contributed by atoms with E-state index >= 15 is 0 Å². The Balaban J connectivity index is -0.0000000995. The highest BCUT2D eigenvalue weighted by Crippen LogP contribution is 1.47. The number of quaternary nitrogens is 4. The highest BCUT2D eigenvalue weighted by Gasteiger charge is 1.94. The molecule has 0 atom stereocenters. The van der Waals surface area contributed by atoms with Crippen LogP contribution in [-0.4, -0.2) is 87.6 Å². The van der Waals surface area contributed by atoms with Gasteiger partial charge in [-0.2, -0.15) is 0 Å². The van der Waals surface area contributed by atoms with Crippen LogP contribution >= 0.6 is 0 Å². The lowest BCUT2D eigenvalue weighted by molar-refractivity contribution is -0.894. The molecule has 0 fully saturated rings. The zero-order valence-corrected chi connectivity index (χ0v) is 25.6. The average Bonchev–Trinajstić information content (AvgIpc) is 2.79. The van der Waals surface area contributed by atoms with Crippen molar-refractivity contribution in [2.45, 2.75) is 83.1 Å². The fourth-order valence-corrected chi connectivity index (χ4v) is 3.00. The SMILES string of the molecule is CC[NH+](CC)CC.CC[NH+](CC)CC.CC[NH+](CC)CC.CC[NH+](CC)CC.[O-][Si]([O-])([O-])[O-]. The van der Waals surface area contributed by atoms with Crippen molar-refractivity contribution in [3.63, 3.8) is 0 Å². The van der Waals surface area contributed by atoms with Gasteiger partial charge in [0.1, 0.15) is 0 Å². The Hall–Kier alpha value is -0.103. The Morgan fingerprint density at radius 3 is 0.364 bits per heavy atom. The van der Waals surface area contributed by atoms with Crippen LogP contribution in [-0.2, 0) is 0 Å². The van der Waals surface area contributed by atoms with Crippen molar-refractivity contribution < 1.29 is 38.8 Å². The number of hydrogen-bond acceptors (Lipinski definition) is 4. The molecule has 0 radical (unpaired) electrons. The van der Waals surface area contributed by atoms with Gasteiger partial charge in [0.05, 0.1) is 78.5 Å². The number of nitrogens with one attached hydrogen (secondary N) is 4. The summed E-state index contributed by atoms with van der Waals surface area (Å²) in [5, 5.41) is 0. The second-order valence-corrected chi connectivity index (χ2v) is 8.74. The van der Waals surface area contributed by atoms with Crippen molar-refractivity contribution in [1.29, 1.82) is 0 Å². The summed E-state index contributed by atoms with van der Waals surface area (Å²) in [6.45, 7) is 41.9. The number of rotatable bonds is 12. The fourth-order valence-electron chi connectivity index (χ4n) is 3.00. The predicted molar refractivity (Wildman–Crippen MR) is 136 cm³/mol. The van der Waals surface area contributed by atoms with Crippen LogP contribution in [0, 0.1) is 0 Å². The van der Waals surface area contributed by atoms with Crippen LogP contribution < -0.4 is 38.8 Å². The fraction of sp³-hybridized carbons (Fsp3) is 1.00. The van der Waals surface area contributed by atoms with E-state index in [9.17, 15) is 0 Å². The molecule has 4 N–H and O–H groups in total. The monoisotopic (exact) mass is 500 g/mol. The van der Waals surface area contributed by atoms with Crippen LogP contribution in [0.2, 0.25) is 0 Å². The van der Waals surface area contributed by atoms with Crippen molar-refractivity contribution in [3.8, 4) is 0 Å². The third kappa shape index (κ3) is 49.9. The lowest BCUT2D eigenvalue weighted by Crippen LogP contribution is -3.11. The molecule has 0 aromatic carbocycles. The Morgan fingerprint density at radius 2 is 0.364 bits per heavy atom. The van der Waals surface area contributed by atoms with E-state index in [0.29, 0.717) is 0 Å². The van der Waals surface area contributed by atoms with Gasteiger partial charge in [0, 0.05) is 0 Å². The summed E-state index contributed by atoms with van der Waals surface area (Å²) in [5.41, 5.74) is 0. The summed E-state index contributed by atoms with van der Waals surface area (Å²) >= 11 is 0.